The van der Waals surface area contributed by atoms with E-state index >= 15 is 0 Å². The number of carbonyl (C=O) groups excluding carboxylic acids is 1. The van der Waals surface area contributed by atoms with Gasteiger partial charge in [-0.25, -0.2) is 8.78 Å². The van der Waals surface area contributed by atoms with Gasteiger partial charge in [0, 0.05) is 11.0 Å². The van der Waals surface area contributed by atoms with E-state index in [2.05, 4.69) is 0 Å². The standard InChI is InChI=1S/C15H10ClF2NOS.ClH/c16-11-3-1-2-4-14(11)21-15(19)8-13(20)10-6-5-9(17)7-12(10)18;/h1-7,19H,8H2;1H. The summed E-state index contributed by atoms with van der Waals surface area (Å²) < 4.78 is 26.3. The molecule has 2 aromatic carbocycles. The van der Waals surface area contributed by atoms with E-state index in [4.69, 9.17) is 17.0 Å². The summed E-state index contributed by atoms with van der Waals surface area (Å²) in [5.74, 6) is -2.24. The highest BCUT2D eigenvalue weighted by atomic mass is 35.5. The topological polar surface area (TPSA) is 40.9 Å². The number of nitrogens with one attached hydrogen (secondary N) is 1. The molecule has 0 aliphatic rings. The van der Waals surface area contributed by atoms with Gasteiger partial charge < -0.3 is 0 Å². The first-order valence-corrected chi connectivity index (χ1v) is 7.15. The quantitative estimate of drug-likeness (QED) is 0.343. The maximum absolute atomic E-state index is 13.5. The Morgan fingerprint density at radius 2 is 1.86 bits per heavy atom. The predicted octanol–water partition coefficient (Wildman–Crippen LogP) is 5.38. The molecule has 0 atom stereocenters. The van der Waals surface area contributed by atoms with Crippen molar-refractivity contribution in [1.29, 1.82) is 5.41 Å². The summed E-state index contributed by atoms with van der Waals surface area (Å²) in [6.45, 7) is 0. The van der Waals surface area contributed by atoms with Gasteiger partial charge in [-0.3, -0.25) is 10.2 Å². The molecule has 2 rings (SSSR count). The summed E-state index contributed by atoms with van der Waals surface area (Å²) in [6.07, 6.45) is -0.265. The Bertz CT molecular complexity index is 710. The molecule has 0 aromatic heterocycles. The van der Waals surface area contributed by atoms with E-state index in [-0.39, 0.29) is 29.4 Å². The minimum atomic E-state index is -0.921. The third-order valence-corrected chi connectivity index (χ3v) is 4.03. The number of hydrogen-bond acceptors (Lipinski definition) is 3. The summed E-state index contributed by atoms with van der Waals surface area (Å²) in [5, 5.41) is 8.32. The zero-order valence-corrected chi connectivity index (χ0v) is 13.5. The van der Waals surface area contributed by atoms with Gasteiger partial charge in [-0.05, 0) is 24.3 Å². The lowest BCUT2D eigenvalue weighted by molar-refractivity contribution is 0.0997. The van der Waals surface area contributed by atoms with E-state index in [1.807, 2.05) is 0 Å². The van der Waals surface area contributed by atoms with Crippen molar-refractivity contribution < 1.29 is 13.6 Å². The molecule has 0 radical (unpaired) electrons. The molecule has 0 heterocycles. The van der Waals surface area contributed by atoms with E-state index in [1.165, 1.54) is 0 Å². The van der Waals surface area contributed by atoms with Crippen molar-refractivity contribution in [3.8, 4) is 0 Å². The Hall–Kier alpha value is -1.43. The van der Waals surface area contributed by atoms with Gasteiger partial charge in [0.15, 0.2) is 5.78 Å². The lowest BCUT2D eigenvalue weighted by atomic mass is 10.1. The van der Waals surface area contributed by atoms with Gasteiger partial charge >= 0.3 is 0 Å². The van der Waals surface area contributed by atoms with Gasteiger partial charge in [0.25, 0.3) is 0 Å². The molecule has 0 aliphatic carbocycles. The second kappa shape index (κ2) is 8.27. The van der Waals surface area contributed by atoms with Crippen molar-refractivity contribution in [2.24, 2.45) is 0 Å². The van der Waals surface area contributed by atoms with Gasteiger partial charge in [0.2, 0.25) is 0 Å². The molecule has 0 spiro atoms. The van der Waals surface area contributed by atoms with Crippen molar-refractivity contribution in [3.63, 3.8) is 0 Å². The Kier molecular flexibility index (Phi) is 7.00. The van der Waals surface area contributed by atoms with Crippen molar-refractivity contribution in [2.75, 3.05) is 0 Å². The van der Waals surface area contributed by atoms with Crippen LogP contribution in [0.15, 0.2) is 47.4 Å². The average Bonchev–Trinajstić information content (AvgIpc) is 2.41. The number of carbonyl (C=O) groups is 1. The Balaban J connectivity index is 0.00000242. The van der Waals surface area contributed by atoms with Gasteiger partial charge in [-0.15, -0.1) is 12.4 Å². The van der Waals surface area contributed by atoms with Gasteiger partial charge in [0.05, 0.1) is 22.1 Å². The van der Waals surface area contributed by atoms with Crippen molar-refractivity contribution in [2.45, 2.75) is 11.3 Å². The first kappa shape index (κ1) is 18.6. The molecule has 0 aliphatic heterocycles. The third kappa shape index (κ3) is 4.80. The SMILES string of the molecule is Cl.N=C(CC(=O)c1ccc(F)cc1F)Sc1ccccc1Cl. The molecule has 2 nitrogen and oxygen atoms in total. The lowest BCUT2D eigenvalue weighted by Crippen LogP contribution is -2.07. The smallest absolute Gasteiger partial charge is 0.172 e. The Morgan fingerprint density at radius 3 is 2.50 bits per heavy atom. The molecular formula is C15H11Cl2F2NOS. The fourth-order valence-corrected chi connectivity index (χ4v) is 2.69. The van der Waals surface area contributed by atoms with E-state index in [1.54, 1.807) is 24.3 Å². The van der Waals surface area contributed by atoms with Crippen LogP contribution in [0.2, 0.25) is 5.02 Å². The molecule has 0 amide bonds. The van der Waals surface area contributed by atoms with Crippen LogP contribution in [-0.2, 0) is 0 Å². The number of ketones is 1. The first-order chi connectivity index (χ1) is 9.97. The zero-order chi connectivity index (χ0) is 15.4. The third-order valence-electron chi connectivity index (χ3n) is 2.62. The van der Waals surface area contributed by atoms with Crippen LogP contribution in [0.3, 0.4) is 0 Å². The highest BCUT2D eigenvalue weighted by molar-refractivity contribution is 8.14. The van der Waals surface area contributed by atoms with Crippen molar-refractivity contribution >= 4 is 46.6 Å². The molecule has 0 bridgehead atoms. The van der Waals surface area contributed by atoms with Crippen LogP contribution in [0.25, 0.3) is 0 Å². The summed E-state index contributed by atoms with van der Waals surface area (Å²) in [6, 6.07) is 9.68. The maximum atomic E-state index is 13.5. The monoisotopic (exact) mass is 361 g/mol. The van der Waals surface area contributed by atoms with Crippen molar-refractivity contribution in [3.05, 3.63) is 64.7 Å². The van der Waals surface area contributed by atoms with E-state index in [9.17, 15) is 13.6 Å². The number of hydrogen-bond donors (Lipinski definition) is 1. The molecule has 0 saturated heterocycles. The molecule has 1 N–H and O–H groups in total. The molecular weight excluding hydrogens is 351 g/mol. The summed E-state index contributed by atoms with van der Waals surface area (Å²) in [4.78, 5) is 12.6. The second-order valence-electron chi connectivity index (χ2n) is 4.18. The van der Waals surface area contributed by atoms with Crippen LogP contribution in [0.1, 0.15) is 16.8 Å². The average molecular weight is 362 g/mol. The van der Waals surface area contributed by atoms with E-state index in [0.717, 1.165) is 23.9 Å². The molecule has 7 heteroatoms. The molecule has 0 fully saturated rings. The van der Waals surface area contributed by atoms with Crippen LogP contribution in [0, 0.1) is 17.0 Å². The molecule has 22 heavy (non-hydrogen) atoms. The van der Waals surface area contributed by atoms with Gasteiger partial charge in [-0.1, -0.05) is 35.5 Å². The van der Waals surface area contributed by atoms with Crippen LogP contribution in [-0.4, -0.2) is 10.8 Å². The van der Waals surface area contributed by atoms with Crippen LogP contribution in [0.4, 0.5) is 8.78 Å². The number of thioether (sulfide) groups is 1. The lowest BCUT2D eigenvalue weighted by Gasteiger charge is -2.06. The Morgan fingerprint density at radius 1 is 1.18 bits per heavy atom. The number of halogens is 4. The highest BCUT2D eigenvalue weighted by Crippen LogP contribution is 2.28. The summed E-state index contributed by atoms with van der Waals surface area (Å²) in [5.41, 5.74) is -0.221. The van der Waals surface area contributed by atoms with Gasteiger partial charge in [-0.2, -0.15) is 0 Å². The highest BCUT2D eigenvalue weighted by Gasteiger charge is 2.15. The summed E-state index contributed by atoms with van der Waals surface area (Å²) in [7, 11) is 0. The van der Waals surface area contributed by atoms with Crippen LogP contribution < -0.4 is 0 Å². The van der Waals surface area contributed by atoms with Crippen molar-refractivity contribution in [1.82, 2.24) is 0 Å². The van der Waals surface area contributed by atoms with Crippen LogP contribution in [0.5, 0.6) is 0 Å². The van der Waals surface area contributed by atoms with Crippen LogP contribution >= 0.6 is 35.8 Å². The Labute approximate surface area is 141 Å². The molecule has 2 aromatic rings. The molecule has 0 saturated carbocycles. The van der Waals surface area contributed by atoms with E-state index < -0.39 is 17.4 Å². The zero-order valence-electron chi connectivity index (χ0n) is 11.1. The fourth-order valence-electron chi connectivity index (χ4n) is 1.65. The summed E-state index contributed by atoms with van der Waals surface area (Å²) >= 11 is 7.00. The largest absolute Gasteiger partial charge is 0.298 e. The predicted molar refractivity (Wildman–Crippen MR) is 87.6 cm³/mol. The number of benzene rings is 2. The van der Waals surface area contributed by atoms with Gasteiger partial charge in [0.1, 0.15) is 11.6 Å². The first-order valence-electron chi connectivity index (χ1n) is 5.95. The fraction of sp³-hybridized carbons (Fsp3) is 0.0667. The minimum Gasteiger partial charge on any atom is -0.298 e. The second-order valence-corrected chi connectivity index (χ2v) is 5.72. The van der Waals surface area contributed by atoms with E-state index in [0.29, 0.717) is 16.0 Å². The number of rotatable bonds is 4. The maximum Gasteiger partial charge on any atom is 0.172 e. The molecule has 0 unspecified atom stereocenters. The minimum absolute atomic E-state index is 0. The molecule has 116 valence electrons. The number of Topliss-reactive ketones (excluding diaryl/α,β-unsaturated/α-hetero) is 1. The normalized spacial score (nSPS) is 9.95.